The number of anilines is 1. The van der Waals surface area contributed by atoms with E-state index in [2.05, 4.69) is 19.9 Å². The summed E-state index contributed by atoms with van der Waals surface area (Å²) in [7, 11) is 1.10. The highest BCUT2D eigenvalue weighted by molar-refractivity contribution is 6.08. The molecule has 0 aliphatic heterocycles. The van der Waals surface area contributed by atoms with Gasteiger partial charge in [0, 0.05) is 18.1 Å². The number of carbonyl (C=O) groups is 2. The monoisotopic (exact) mass is 652 g/mol. The van der Waals surface area contributed by atoms with Gasteiger partial charge in [-0.3, -0.25) is 4.79 Å². The zero-order valence-electron chi connectivity index (χ0n) is 22.8. The Labute approximate surface area is 248 Å². The van der Waals surface area contributed by atoms with Gasteiger partial charge in [0.05, 0.1) is 42.3 Å². The molecular formula is C28H21F9N2O6. The Morgan fingerprint density at radius 1 is 0.800 bits per heavy atom. The van der Waals surface area contributed by atoms with E-state index in [4.69, 9.17) is 9.57 Å². The fourth-order valence-corrected chi connectivity index (χ4v) is 3.52. The van der Waals surface area contributed by atoms with Crippen molar-refractivity contribution >= 4 is 23.8 Å². The van der Waals surface area contributed by atoms with Gasteiger partial charge in [-0.05, 0) is 60.2 Å². The second-order valence-electron chi connectivity index (χ2n) is 8.83. The molecule has 1 amide bonds. The van der Waals surface area contributed by atoms with Crippen LogP contribution in [0.1, 0.15) is 43.8 Å². The number of hydrogen-bond donors (Lipinski definition) is 1. The van der Waals surface area contributed by atoms with Crippen molar-refractivity contribution in [3.05, 3.63) is 88.5 Å². The zero-order chi connectivity index (χ0) is 33.4. The second-order valence-corrected chi connectivity index (χ2v) is 8.83. The molecule has 242 valence electrons. The van der Waals surface area contributed by atoms with Gasteiger partial charge in [0.2, 0.25) is 0 Å². The van der Waals surface area contributed by atoms with Gasteiger partial charge in [-0.1, -0.05) is 5.16 Å². The third kappa shape index (κ3) is 10.6. The number of esters is 1. The van der Waals surface area contributed by atoms with E-state index in [1.807, 2.05) is 0 Å². The lowest BCUT2D eigenvalue weighted by molar-refractivity contribution is -0.274. The molecule has 3 aromatic carbocycles. The molecule has 45 heavy (non-hydrogen) atoms. The number of halogens is 9. The first-order valence-electron chi connectivity index (χ1n) is 12.4. The minimum Gasteiger partial charge on any atom is -0.493 e. The molecule has 0 saturated heterocycles. The summed E-state index contributed by atoms with van der Waals surface area (Å²) in [4.78, 5) is 29.7. The fourth-order valence-electron chi connectivity index (χ4n) is 3.52. The molecule has 3 aromatic rings. The number of hydrogen-bond acceptors (Lipinski definition) is 7. The number of nitrogens with zero attached hydrogens (tertiary/aromatic N) is 1. The van der Waals surface area contributed by atoms with Crippen LogP contribution in [0.3, 0.4) is 0 Å². The standard InChI is InChI=1S/C28H21F9N2O6/c1-42-25(41)22-8-7-21(14-23(22)39-24(40)17-3-5-20(6-4-17)45-28(35,36)37)43-9-2-10-44-38-15-16-11-18(26(29,30)31)13-19(12-16)27(32,33)34/h3-8,11-15H,2,9-10H2,1H3,(H,39,40)/b38-15-. The normalized spacial score (nSPS) is 12.1. The van der Waals surface area contributed by atoms with E-state index in [0.29, 0.717) is 18.3 Å². The van der Waals surface area contributed by atoms with Crippen molar-refractivity contribution in [3.63, 3.8) is 0 Å². The zero-order valence-corrected chi connectivity index (χ0v) is 22.8. The van der Waals surface area contributed by atoms with E-state index in [1.165, 1.54) is 18.2 Å². The Morgan fingerprint density at radius 2 is 1.40 bits per heavy atom. The maximum absolute atomic E-state index is 13.0. The van der Waals surface area contributed by atoms with Crippen LogP contribution in [-0.2, 0) is 21.9 Å². The van der Waals surface area contributed by atoms with Crippen LogP contribution in [0.4, 0.5) is 45.2 Å². The molecule has 0 heterocycles. The second kappa shape index (κ2) is 14.2. The molecular weight excluding hydrogens is 631 g/mol. The molecule has 0 fully saturated rings. The minimum absolute atomic E-state index is 0.0154. The topological polar surface area (TPSA) is 95.5 Å². The molecule has 8 nitrogen and oxygen atoms in total. The fraction of sp³-hybridized carbons (Fsp3) is 0.250. The number of carbonyl (C=O) groups excluding carboxylic acids is 2. The van der Waals surface area contributed by atoms with Crippen molar-refractivity contribution in [2.45, 2.75) is 25.1 Å². The Kier molecular flexibility index (Phi) is 10.9. The highest BCUT2D eigenvalue weighted by atomic mass is 19.4. The van der Waals surface area contributed by atoms with Gasteiger partial charge in [-0.2, -0.15) is 26.3 Å². The van der Waals surface area contributed by atoms with E-state index in [1.54, 1.807) is 0 Å². The summed E-state index contributed by atoms with van der Waals surface area (Å²) < 4.78 is 129. The summed E-state index contributed by atoms with van der Waals surface area (Å²) in [6.07, 6.45) is -14.1. The molecule has 0 radical (unpaired) electrons. The first kappa shape index (κ1) is 34.5. The number of nitrogens with one attached hydrogen (secondary N) is 1. The van der Waals surface area contributed by atoms with Gasteiger partial charge in [-0.15, -0.1) is 13.2 Å². The smallest absolute Gasteiger partial charge is 0.493 e. The Balaban J connectivity index is 1.59. The molecule has 0 atom stereocenters. The highest BCUT2D eigenvalue weighted by Gasteiger charge is 2.36. The number of alkyl halides is 9. The van der Waals surface area contributed by atoms with Crippen LogP contribution in [0.5, 0.6) is 11.5 Å². The lowest BCUT2D eigenvalue weighted by Crippen LogP contribution is -2.18. The SMILES string of the molecule is COC(=O)c1ccc(OCCCO/N=C\c2cc(C(F)(F)F)cc(C(F)(F)F)c2)cc1NC(=O)c1ccc(OC(F)(F)F)cc1. The van der Waals surface area contributed by atoms with E-state index in [0.717, 1.165) is 31.4 Å². The van der Waals surface area contributed by atoms with Crippen molar-refractivity contribution in [1.29, 1.82) is 0 Å². The number of ether oxygens (including phenoxy) is 3. The van der Waals surface area contributed by atoms with Crippen molar-refractivity contribution in [2.24, 2.45) is 5.16 Å². The third-order valence-electron chi connectivity index (χ3n) is 5.53. The Bertz CT molecular complexity index is 1490. The van der Waals surface area contributed by atoms with E-state index in [9.17, 15) is 49.1 Å². The summed E-state index contributed by atoms with van der Waals surface area (Å²) in [5.41, 5.74) is -3.69. The lowest BCUT2D eigenvalue weighted by Gasteiger charge is -2.13. The number of benzene rings is 3. The van der Waals surface area contributed by atoms with Crippen molar-refractivity contribution < 1.29 is 68.2 Å². The van der Waals surface area contributed by atoms with Gasteiger partial charge in [-0.25, -0.2) is 4.79 Å². The van der Waals surface area contributed by atoms with Crippen molar-refractivity contribution in [2.75, 3.05) is 25.6 Å². The van der Waals surface area contributed by atoms with Gasteiger partial charge in [0.25, 0.3) is 5.91 Å². The first-order chi connectivity index (χ1) is 21.0. The largest absolute Gasteiger partial charge is 0.573 e. The third-order valence-corrected chi connectivity index (χ3v) is 5.53. The predicted molar refractivity (Wildman–Crippen MR) is 139 cm³/mol. The van der Waals surface area contributed by atoms with Crippen LogP contribution in [-0.4, -0.2) is 44.8 Å². The maximum Gasteiger partial charge on any atom is 0.573 e. The van der Waals surface area contributed by atoms with Crippen molar-refractivity contribution in [3.8, 4) is 11.5 Å². The molecule has 0 saturated carbocycles. The molecule has 0 spiro atoms. The highest BCUT2D eigenvalue weighted by Crippen LogP contribution is 2.36. The summed E-state index contributed by atoms with van der Waals surface area (Å²) in [5.74, 6) is -2.00. The van der Waals surface area contributed by atoms with E-state index < -0.39 is 53.0 Å². The van der Waals surface area contributed by atoms with Crippen LogP contribution in [0, 0.1) is 0 Å². The Morgan fingerprint density at radius 3 is 1.96 bits per heavy atom. The first-order valence-corrected chi connectivity index (χ1v) is 12.4. The summed E-state index contributed by atoms with van der Waals surface area (Å²) in [5, 5.41) is 5.84. The van der Waals surface area contributed by atoms with Gasteiger partial charge < -0.3 is 24.4 Å². The number of amides is 1. The maximum atomic E-state index is 13.0. The molecule has 0 unspecified atom stereocenters. The quantitative estimate of drug-likeness (QED) is 0.0759. The van der Waals surface area contributed by atoms with Crippen LogP contribution >= 0.6 is 0 Å². The van der Waals surface area contributed by atoms with Crippen LogP contribution in [0.2, 0.25) is 0 Å². The number of methoxy groups -OCH3 is 1. The van der Waals surface area contributed by atoms with Crippen LogP contribution in [0.15, 0.2) is 65.8 Å². The molecule has 1 N–H and O–H groups in total. The number of rotatable bonds is 11. The van der Waals surface area contributed by atoms with E-state index in [-0.39, 0.29) is 48.3 Å². The lowest BCUT2D eigenvalue weighted by atomic mass is 10.1. The molecule has 0 aliphatic carbocycles. The molecule has 0 bridgehead atoms. The molecule has 3 rings (SSSR count). The number of oxime groups is 1. The van der Waals surface area contributed by atoms with Crippen LogP contribution in [0.25, 0.3) is 0 Å². The molecule has 0 aromatic heterocycles. The summed E-state index contributed by atoms with van der Waals surface area (Å²) in [6, 6.07) is 8.86. The average molecular weight is 652 g/mol. The van der Waals surface area contributed by atoms with Gasteiger partial charge >= 0.3 is 24.7 Å². The minimum atomic E-state index is -5.01. The summed E-state index contributed by atoms with van der Waals surface area (Å²) >= 11 is 0. The summed E-state index contributed by atoms with van der Waals surface area (Å²) in [6.45, 7) is -0.192. The van der Waals surface area contributed by atoms with Crippen molar-refractivity contribution in [1.82, 2.24) is 0 Å². The predicted octanol–water partition coefficient (Wildman–Crippen LogP) is 7.48. The van der Waals surface area contributed by atoms with Gasteiger partial charge in [0.15, 0.2) is 0 Å². The van der Waals surface area contributed by atoms with E-state index >= 15 is 0 Å². The van der Waals surface area contributed by atoms with Gasteiger partial charge in [0.1, 0.15) is 18.1 Å². The molecule has 0 aliphatic rings. The molecule has 17 heteroatoms. The van der Waals surface area contributed by atoms with Crippen LogP contribution < -0.4 is 14.8 Å². The Hall–Kier alpha value is -4.96. The average Bonchev–Trinajstić information content (AvgIpc) is 2.95.